The molecule has 0 bridgehead atoms. The van der Waals surface area contributed by atoms with Gasteiger partial charge in [-0.3, -0.25) is 0 Å². The molecule has 1 heterocycles. The van der Waals surface area contributed by atoms with Gasteiger partial charge in [-0.25, -0.2) is 0 Å². The third-order valence-corrected chi connectivity index (χ3v) is 9.07. The molecule has 0 amide bonds. The topological polar surface area (TPSA) is 13.1 Å². The molecule has 0 N–H and O–H groups in total. The van der Waals surface area contributed by atoms with Gasteiger partial charge in [-0.1, -0.05) is 146 Å². The third kappa shape index (κ3) is 4.17. The Morgan fingerprint density at radius 3 is 1.49 bits per heavy atom. The van der Waals surface area contributed by atoms with Crippen molar-refractivity contribution in [3.63, 3.8) is 0 Å². The summed E-state index contributed by atoms with van der Waals surface area (Å²) in [6.07, 6.45) is 0. The van der Waals surface area contributed by atoms with Crippen LogP contribution in [0.15, 0.2) is 174 Å². The van der Waals surface area contributed by atoms with E-state index >= 15 is 0 Å². The summed E-state index contributed by atoms with van der Waals surface area (Å²) in [5.41, 5.74) is 11.6. The molecule has 210 valence electrons. The molecule has 0 saturated carbocycles. The largest absolute Gasteiger partial charge is 0.456 e. The van der Waals surface area contributed by atoms with Crippen LogP contribution in [-0.2, 0) is 0 Å². The van der Waals surface area contributed by atoms with Crippen LogP contribution in [0.1, 0.15) is 0 Å². The minimum Gasteiger partial charge on any atom is -0.456 e. The second-order valence-electron chi connectivity index (χ2n) is 11.6. The Morgan fingerprint density at radius 1 is 0.267 bits per heavy atom. The van der Waals surface area contributed by atoms with E-state index in [2.05, 4.69) is 158 Å². The summed E-state index contributed by atoms with van der Waals surface area (Å²) in [4.78, 5) is 0. The molecule has 8 aromatic carbocycles. The molecule has 0 saturated heterocycles. The molecule has 0 fully saturated rings. The highest BCUT2D eigenvalue weighted by atomic mass is 16.3. The Bertz CT molecular complexity index is 2520. The fourth-order valence-corrected chi connectivity index (χ4v) is 7.06. The Balaban J connectivity index is 1.38. The lowest BCUT2D eigenvalue weighted by Gasteiger charge is -2.19. The van der Waals surface area contributed by atoms with Gasteiger partial charge in [-0.2, -0.15) is 0 Å². The van der Waals surface area contributed by atoms with E-state index in [1.54, 1.807) is 0 Å². The molecule has 45 heavy (non-hydrogen) atoms. The van der Waals surface area contributed by atoms with Crippen molar-refractivity contribution in [1.82, 2.24) is 0 Å². The van der Waals surface area contributed by atoms with Gasteiger partial charge in [0.15, 0.2) is 0 Å². The average molecular weight is 573 g/mol. The fourth-order valence-electron chi connectivity index (χ4n) is 7.06. The van der Waals surface area contributed by atoms with Crippen molar-refractivity contribution in [3.8, 4) is 44.5 Å². The minimum absolute atomic E-state index is 0.911. The number of furan rings is 1. The van der Waals surface area contributed by atoms with Gasteiger partial charge in [-0.15, -0.1) is 0 Å². The Kier molecular flexibility index (Phi) is 5.89. The lowest BCUT2D eigenvalue weighted by molar-refractivity contribution is 0.669. The monoisotopic (exact) mass is 572 g/mol. The van der Waals surface area contributed by atoms with E-state index in [-0.39, 0.29) is 0 Å². The number of hydrogen-bond donors (Lipinski definition) is 0. The van der Waals surface area contributed by atoms with Crippen LogP contribution in [0.3, 0.4) is 0 Å². The molecular weight excluding hydrogens is 544 g/mol. The van der Waals surface area contributed by atoms with Gasteiger partial charge in [0.1, 0.15) is 11.2 Å². The average Bonchev–Trinajstić information content (AvgIpc) is 3.49. The molecule has 0 radical (unpaired) electrons. The molecular formula is C44H28O. The molecule has 0 aliphatic rings. The van der Waals surface area contributed by atoms with Crippen LogP contribution in [0.4, 0.5) is 0 Å². The first-order chi connectivity index (χ1) is 22.3. The number of para-hydroxylation sites is 1. The van der Waals surface area contributed by atoms with E-state index < -0.39 is 0 Å². The molecule has 1 nitrogen and oxygen atoms in total. The Hall–Kier alpha value is -5.92. The second-order valence-corrected chi connectivity index (χ2v) is 11.6. The Morgan fingerprint density at radius 2 is 0.756 bits per heavy atom. The first kappa shape index (κ1) is 25.6. The number of rotatable bonds is 4. The summed E-state index contributed by atoms with van der Waals surface area (Å²) in [6.45, 7) is 0. The maximum absolute atomic E-state index is 6.21. The maximum Gasteiger partial charge on any atom is 0.135 e. The molecule has 9 rings (SSSR count). The van der Waals surface area contributed by atoms with Gasteiger partial charge in [0, 0.05) is 10.8 Å². The van der Waals surface area contributed by atoms with Gasteiger partial charge in [0.25, 0.3) is 0 Å². The quantitative estimate of drug-likeness (QED) is 0.191. The zero-order chi connectivity index (χ0) is 29.7. The highest BCUT2D eigenvalue weighted by Crippen LogP contribution is 2.46. The number of fused-ring (bicyclic) bond motifs is 5. The number of hydrogen-bond acceptors (Lipinski definition) is 1. The summed E-state index contributed by atoms with van der Waals surface area (Å²) in [6, 6.07) is 61.1. The maximum atomic E-state index is 6.21. The van der Waals surface area contributed by atoms with E-state index in [4.69, 9.17) is 4.42 Å². The van der Waals surface area contributed by atoms with Crippen LogP contribution in [0.2, 0.25) is 0 Å². The predicted octanol–water partition coefficient (Wildman–Crippen LogP) is 12.6. The zero-order valence-electron chi connectivity index (χ0n) is 24.6. The van der Waals surface area contributed by atoms with Crippen molar-refractivity contribution in [2.75, 3.05) is 0 Å². The van der Waals surface area contributed by atoms with Crippen molar-refractivity contribution >= 4 is 43.5 Å². The number of benzene rings is 8. The molecule has 9 aromatic rings. The van der Waals surface area contributed by atoms with E-state index in [1.807, 2.05) is 12.1 Å². The van der Waals surface area contributed by atoms with Crippen molar-refractivity contribution < 1.29 is 4.42 Å². The second kappa shape index (κ2) is 10.4. The van der Waals surface area contributed by atoms with E-state index in [9.17, 15) is 0 Å². The van der Waals surface area contributed by atoms with Crippen molar-refractivity contribution in [2.45, 2.75) is 0 Å². The van der Waals surface area contributed by atoms with E-state index in [0.717, 1.165) is 21.9 Å². The van der Waals surface area contributed by atoms with Crippen LogP contribution in [0, 0.1) is 0 Å². The van der Waals surface area contributed by atoms with Gasteiger partial charge in [-0.05, 0) is 90.3 Å². The molecule has 0 aliphatic heterocycles. The van der Waals surface area contributed by atoms with Crippen molar-refractivity contribution in [2.24, 2.45) is 0 Å². The third-order valence-electron chi connectivity index (χ3n) is 9.07. The van der Waals surface area contributed by atoms with Crippen LogP contribution in [0.5, 0.6) is 0 Å². The smallest absolute Gasteiger partial charge is 0.135 e. The first-order valence-corrected chi connectivity index (χ1v) is 15.4. The van der Waals surface area contributed by atoms with Crippen molar-refractivity contribution in [3.05, 3.63) is 170 Å². The molecule has 0 unspecified atom stereocenters. The summed E-state index contributed by atoms with van der Waals surface area (Å²) in [7, 11) is 0. The van der Waals surface area contributed by atoms with Crippen LogP contribution in [0.25, 0.3) is 88.0 Å². The predicted molar refractivity (Wildman–Crippen MR) is 190 cm³/mol. The molecule has 1 aromatic heterocycles. The normalized spacial score (nSPS) is 11.6. The van der Waals surface area contributed by atoms with Crippen LogP contribution < -0.4 is 0 Å². The molecule has 0 atom stereocenters. The van der Waals surface area contributed by atoms with Gasteiger partial charge in [0.05, 0.1) is 0 Å². The molecule has 0 aliphatic carbocycles. The van der Waals surface area contributed by atoms with Gasteiger partial charge in [0.2, 0.25) is 0 Å². The summed E-state index contributed by atoms with van der Waals surface area (Å²) >= 11 is 0. The molecule has 1 heteroatoms. The lowest BCUT2D eigenvalue weighted by atomic mass is 9.84. The van der Waals surface area contributed by atoms with Crippen LogP contribution in [-0.4, -0.2) is 0 Å². The van der Waals surface area contributed by atoms with Crippen LogP contribution >= 0.6 is 0 Å². The van der Waals surface area contributed by atoms with E-state index in [0.29, 0.717) is 0 Å². The SMILES string of the molecule is c1ccc(-c2ccccc2-c2ccc3c(-c4ccc5oc6ccccc6c5c4)c4ccccc4c(-c4ccccc4)c3c2)cc1. The minimum atomic E-state index is 0.911. The van der Waals surface area contributed by atoms with Gasteiger partial charge >= 0.3 is 0 Å². The first-order valence-electron chi connectivity index (χ1n) is 15.4. The standard InChI is InChI=1S/C44H28O/c1-3-13-29(14-4-1)33-17-7-8-18-34(33)31-23-25-38-40(27-31)43(30-15-5-2-6-16-30)36-20-9-10-21-37(36)44(38)32-24-26-42-39(28-32)35-19-11-12-22-41(35)45-42/h1-28H. The summed E-state index contributed by atoms with van der Waals surface area (Å²) < 4.78 is 6.21. The van der Waals surface area contributed by atoms with E-state index in [1.165, 1.54) is 66.1 Å². The summed E-state index contributed by atoms with van der Waals surface area (Å²) in [5, 5.41) is 7.25. The summed E-state index contributed by atoms with van der Waals surface area (Å²) in [5.74, 6) is 0. The highest BCUT2D eigenvalue weighted by molar-refractivity contribution is 6.22. The highest BCUT2D eigenvalue weighted by Gasteiger charge is 2.19. The fraction of sp³-hybridized carbons (Fsp3) is 0. The molecule has 0 spiro atoms. The Labute approximate surface area is 261 Å². The zero-order valence-corrected chi connectivity index (χ0v) is 24.6. The van der Waals surface area contributed by atoms with Crippen molar-refractivity contribution in [1.29, 1.82) is 0 Å². The lowest BCUT2D eigenvalue weighted by Crippen LogP contribution is -1.92. The van der Waals surface area contributed by atoms with Gasteiger partial charge < -0.3 is 4.42 Å².